The van der Waals surface area contributed by atoms with Crippen LogP contribution in [0.4, 0.5) is 4.39 Å². The quantitative estimate of drug-likeness (QED) is 0.511. The van der Waals surface area contributed by atoms with Crippen LogP contribution in [0.2, 0.25) is 10.0 Å². The van der Waals surface area contributed by atoms with Gasteiger partial charge in [0, 0.05) is 42.8 Å². The topological polar surface area (TPSA) is 50.8 Å². The van der Waals surface area contributed by atoms with Crippen molar-refractivity contribution in [1.82, 2.24) is 10.2 Å². The maximum absolute atomic E-state index is 14.6. The summed E-state index contributed by atoms with van der Waals surface area (Å²) in [5.74, 6) is 1.56. The number of halogens is 3. The molecule has 0 radical (unpaired) electrons. The Labute approximate surface area is 187 Å². The van der Waals surface area contributed by atoms with Crippen LogP contribution < -0.4 is 14.8 Å². The van der Waals surface area contributed by atoms with Gasteiger partial charge in [0.25, 0.3) is 0 Å². The van der Waals surface area contributed by atoms with Crippen molar-refractivity contribution in [3.05, 3.63) is 58.6 Å². The van der Waals surface area contributed by atoms with E-state index in [1.165, 1.54) is 0 Å². The summed E-state index contributed by atoms with van der Waals surface area (Å²) in [6, 6.07) is 14.5. The van der Waals surface area contributed by atoms with Gasteiger partial charge in [-0.25, -0.2) is 4.39 Å². The minimum Gasteiger partial charge on any atom is -0.494 e. The van der Waals surface area contributed by atoms with Crippen molar-refractivity contribution in [2.45, 2.75) is 12.1 Å². The Morgan fingerprint density at radius 3 is 1.97 bits per heavy atom. The normalized spacial score (nSPS) is 14.9. The second-order valence-electron chi connectivity index (χ2n) is 7.00. The molecule has 0 unspecified atom stereocenters. The van der Waals surface area contributed by atoms with Crippen molar-refractivity contribution in [3.63, 3.8) is 0 Å². The molecule has 164 valence electrons. The summed E-state index contributed by atoms with van der Waals surface area (Å²) in [4.78, 5) is 10.1. The molecule has 2 aromatic carbocycles. The second kappa shape index (κ2) is 12.7. The van der Waals surface area contributed by atoms with Gasteiger partial charge in [-0.05, 0) is 55.0 Å². The molecule has 3 rings (SSSR count). The lowest BCUT2D eigenvalue weighted by Gasteiger charge is -2.44. The molecule has 5 nitrogen and oxygen atoms in total. The molecule has 0 saturated carbocycles. The molecule has 8 heteroatoms. The molecule has 0 spiro atoms. The van der Waals surface area contributed by atoms with Crippen molar-refractivity contribution >= 4 is 30.0 Å². The molecule has 1 fully saturated rings. The van der Waals surface area contributed by atoms with E-state index in [4.69, 9.17) is 37.5 Å². The minimum atomic E-state index is -1.16. The van der Waals surface area contributed by atoms with Crippen molar-refractivity contribution in [2.24, 2.45) is 0 Å². The zero-order chi connectivity index (χ0) is 21.8. The zero-order valence-corrected chi connectivity index (χ0v) is 18.3. The fourth-order valence-electron chi connectivity index (χ4n) is 3.12. The molecule has 0 aromatic heterocycles. The van der Waals surface area contributed by atoms with E-state index in [0.29, 0.717) is 49.4 Å². The number of carbonyl (C=O) groups excluding carboxylic acids is 1. The lowest BCUT2D eigenvalue weighted by Crippen LogP contribution is -2.63. The Morgan fingerprint density at radius 2 is 1.43 bits per heavy atom. The maximum Gasteiger partial charge on any atom is 0.148 e. The van der Waals surface area contributed by atoms with E-state index in [1.54, 1.807) is 24.3 Å². The number of likely N-dealkylation sites (tertiary alicyclic amines) is 1. The van der Waals surface area contributed by atoms with Crippen molar-refractivity contribution in [3.8, 4) is 11.5 Å². The van der Waals surface area contributed by atoms with E-state index in [1.807, 2.05) is 31.1 Å². The van der Waals surface area contributed by atoms with Gasteiger partial charge in [0.2, 0.25) is 0 Å². The number of benzene rings is 2. The van der Waals surface area contributed by atoms with Gasteiger partial charge >= 0.3 is 0 Å². The van der Waals surface area contributed by atoms with Gasteiger partial charge < -0.3 is 19.6 Å². The molecule has 0 aliphatic carbocycles. The predicted octanol–water partition coefficient (Wildman–Crippen LogP) is 4.27. The number of hydrogen-bond acceptors (Lipinski definition) is 5. The van der Waals surface area contributed by atoms with Crippen LogP contribution in [0.3, 0.4) is 0 Å². The molecule has 1 saturated heterocycles. The summed E-state index contributed by atoms with van der Waals surface area (Å²) in [6.45, 7) is 5.79. The Balaban J connectivity index is 0.00000155. The largest absolute Gasteiger partial charge is 0.494 e. The molecular weight excluding hydrogens is 430 g/mol. The first-order chi connectivity index (χ1) is 14.5. The summed E-state index contributed by atoms with van der Waals surface area (Å²) < 4.78 is 25.8. The number of rotatable bonds is 11. The monoisotopic (exact) mass is 456 g/mol. The van der Waals surface area contributed by atoms with Gasteiger partial charge in [-0.3, -0.25) is 4.90 Å². The molecule has 1 N–H and O–H groups in total. The molecule has 1 aliphatic heterocycles. The number of hydrogen-bond donors (Lipinski definition) is 1. The van der Waals surface area contributed by atoms with Crippen LogP contribution in [-0.4, -0.2) is 63.3 Å². The smallest absolute Gasteiger partial charge is 0.148 e. The summed E-state index contributed by atoms with van der Waals surface area (Å²) in [6.07, 6.45) is 0.862. The van der Waals surface area contributed by atoms with Crippen LogP contribution in [0, 0.1) is 0 Å². The first-order valence-electron chi connectivity index (χ1n) is 9.70. The van der Waals surface area contributed by atoms with E-state index in [0.717, 1.165) is 24.5 Å². The molecule has 0 atom stereocenters. The number of carbonyl (C=O) groups is 1. The first kappa shape index (κ1) is 24.4. The van der Waals surface area contributed by atoms with Crippen LogP contribution in [-0.2, 0) is 4.79 Å². The average molecular weight is 457 g/mol. The summed E-state index contributed by atoms with van der Waals surface area (Å²) in [7, 11) is 0. The van der Waals surface area contributed by atoms with Gasteiger partial charge in [-0.15, -0.1) is 0 Å². The zero-order valence-electron chi connectivity index (χ0n) is 16.8. The molecule has 2 aromatic rings. The Bertz CT molecular complexity index is 741. The molecule has 1 aliphatic rings. The number of ether oxygens (including phenoxy) is 2. The number of nitrogens with zero attached hydrogens (tertiary/aromatic N) is 1. The van der Waals surface area contributed by atoms with E-state index < -0.39 is 5.67 Å². The molecule has 0 amide bonds. The highest BCUT2D eigenvalue weighted by Crippen LogP contribution is 2.25. The second-order valence-corrected chi connectivity index (χ2v) is 7.87. The van der Waals surface area contributed by atoms with E-state index in [2.05, 4.69) is 10.2 Å². The van der Waals surface area contributed by atoms with Crippen LogP contribution >= 0.6 is 23.2 Å². The van der Waals surface area contributed by atoms with Crippen LogP contribution in [0.25, 0.3) is 0 Å². The Hall–Kier alpha value is -1.86. The standard InChI is InChI=1S/C21H25Cl2FN2O2.CH2O/c22-17-2-6-19(7-3-17)27-12-1-11-26-15-21(24,16-26)14-25-10-13-28-20-8-4-18(23)5-9-20;1-2/h2-9,25H,1,10-16H2;1H2. The van der Waals surface area contributed by atoms with Gasteiger partial charge in [-0.1, -0.05) is 23.2 Å². The van der Waals surface area contributed by atoms with Crippen LogP contribution in [0.15, 0.2) is 48.5 Å². The van der Waals surface area contributed by atoms with Gasteiger partial charge in [0.15, 0.2) is 0 Å². The summed E-state index contributed by atoms with van der Waals surface area (Å²) >= 11 is 11.7. The third-order valence-corrected chi connectivity index (χ3v) is 5.02. The van der Waals surface area contributed by atoms with E-state index >= 15 is 0 Å². The van der Waals surface area contributed by atoms with Crippen LogP contribution in [0.1, 0.15) is 6.42 Å². The third kappa shape index (κ3) is 8.48. The highest BCUT2D eigenvalue weighted by Gasteiger charge is 2.42. The van der Waals surface area contributed by atoms with Crippen LogP contribution in [0.5, 0.6) is 11.5 Å². The predicted molar refractivity (Wildman–Crippen MR) is 119 cm³/mol. The Morgan fingerprint density at radius 1 is 0.933 bits per heavy atom. The fourth-order valence-corrected chi connectivity index (χ4v) is 3.37. The molecule has 30 heavy (non-hydrogen) atoms. The molecule has 1 heterocycles. The highest BCUT2D eigenvalue weighted by molar-refractivity contribution is 6.30. The summed E-state index contributed by atoms with van der Waals surface area (Å²) in [5.41, 5.74) is -1.16. The molecular formula is C22H27Cl2FN2O3. The third-order valence-electron chi connectivity index (χ3n) is 4.52. The maximum atomic E-state index is 14.6. The molecule has 0 bridgehead atoms. The number of nitrogens with one attached hydrogen (secondary N) is 1. The minimum absolute atomic E-state index is 0.342. The van der Waals surface area contributed by atoms with E-state index in [-0.39, 0.29) is 0 Å². The van der Waals surface area contributed by atoms with Crippen molar-refractivity contribution in [2.75, 3.05) is 45.9 Å². The summed E-state index contributed by atoms with van der Waals surface area (Å²) in [5, 5.41) is 4.50. The SMILES string of the molecule is C=O.FC1(CNCCOc2ccc(Cl)cc2)CN(CCCOc2ccc(Cl)cc2)C1. The first-order valence-corrected chi connectivity index (χ1v) is 10.5. The van der Waals surface area contributed by atoms with Gasteiger partial charge in [-0.2, -0.15) is 0 Å². The fraction of sp³-hybridized carbons (Fsp3) is 0.409. The lowest BCUT2D eigenvalue weighted by molar-refractivity contribution is -0.0980. The average Bonchev–Trinajstić information content (AvgIpc) is 2.73. The van der Waals surface area contributed by atoms with Crippen molar-refractivity contribution < 1.29 is 18.7 Å². The van der Waals surface area contributed by atoms with E-state index in [9.17, 15) is 4.39 Å². The van der Waals surface area contributed by atoms with Crippen molar-refractivity contribution in [1.29, 1.82) is 0 Å². The van der Waals surface area contributed by atoms with Gasteiger partial charge in [0.05, 0.1) is 6.61 Å². The highest BCUT2D eigenvalue weighted by atomic mass is 35.5. The number of alkyl halides is 1. The lowest BCUT2D eigenvalue weighted by atomic mass is 9.96. The Kier molecular flexibility index (Phi) is 10.4. The van der Waals surface area contributed by atoms with Gasteiger partial charge in [0.1, 0.15) is 30.6 Å².